The molecule has 6 nitrogen and oxygen atoms in total. The lowest BCUT2D eigenvalue weighted by Crippen LogP contribution is -2.51. The van der Waals surface area contributed by atoms with Crippen molar-refractivity contribution in [1.29, 1.82) is 0 Å². The number of likely N-dealkylation sites (tertiary alicyclic amines) is 1. The molecule has 2 fully saturated rings. The second kappa shape index (κ2) is 8.74. The molecule has 2 aliphatic rings. The lowest BCUT2D eigenvalue weighted by molar-refractivity contribution is -0.137. The highest BCUT2D eigenvalue weighted by atomic mass is 32.1. The first kappa shape index (κ1) is 17.6. The summed E-state index contributed by atoms with van der Waals surface area (Å²) in [6.07, 6.45) is 2.14. The number of carbonyl (C=O) groups excluding carboxylic acids is 2. The van der Waals surface area contributed by atoms with Gasteiger partial charge in [-0.3, -0.25) is 14.5 Å². The maximum atomic E-state index is 11.8. The van der Waals surface area contributed by atoms with Gasteiger partial charge in [-0.25, -0.2) is 0 Å². The highest BCUT2D eigenvalue weighted by molar-refractivity contribution is 7.81. The van der Waals surface area contributed by atoms with Gasteiger partial charge in [0, 0.05) is 52.9 Å². The molecule has 0 aromatic heterocycles. The van der Waals surface area contributed by atoms with E-state index in [2.05, 4.69) is 17.5 Å². The summed E-state index contributed by atoms with van der Waals surface area (Å²) < 4.78 is 4.90. The zero-order valence-corrected chi connectivity index (χ0v) is 14.3. The van der Waals surface area contributed by atoms with E-state index in [-0.39, 0.29) is 18.4 Å². The molecular formula is C15H27N3O3S. The fourth-order valence-corrected chi connectivity index (χ4v) is 3.42. The molecule has 126 valence electrons. The van der Waals surface area contributed by atoms with Gasteiger partial charge >= 0.3 is 0 Å². The minimum Gasteiger partial charge on any atom is -0.375 e. The van der Waals surface area contributed by atoms with Gasteiger partial charge in [-0.2, -0.15) is 12.6 Å². The number of methoxy groups -OCH3 is 1. The van der Waals surface area contributed by atoms with E-state index in [0.29, 0.717) is 11.7 Å². The smallest absolute Gasteiger partial charge is 0.248 e. The quantitative estimate of drug-likeness (QED) is 0.719. The number of hydrogen-bond donors (Lipinski definition) is 1. The Morgan fingerprint density at radius 1 is 1.00 bits per heavy atom. The van der Waals surface area contributed by atoms with Crippen molar-refractivity contribution in [3.63, 3.8) is 0 Å². The molecule has 0 unspecified atom stereocenters. The van der Waals surface area contributed by atoms with E-state index in [1.165, 1.54) is 0 Å². The Morgan fingerprint density at radius 3 is 2.14 bits per heavy atom. The zero-order valence-electron chi connectivity index (χ0n) is 13.4. The third-order valence-electron chi connectivity index (χ3n) is 4.61. The summed E-state index contributed by atoms with van der Waals surface area (Å²) in [5, 5.41) is 0. The molecule has 2 aliphatic heterocycles. The zero-order chi connectivity index (χ0) is 15.9. The van der Waals surface area contributed by atoms with Crippen molar-refractivity contribution in [3.8, 4) is 0 Å². The molecule has 7 heteroatoms. The van der Waals surface area contributed by atoms with Gasteiger partial charge in [0.1, 0.15) is 6.61 Å². The SMILES string of the molecule is COCC(=O)N1CCN(CC2CCN(C(=O)CS)CC2)CC1. The van der Waals surface area contributed by atoms with Crippen LogP contribution in [-0.4, -0.2) is 91.8 Å². The fourth-order valence-electron chi connectivity index (χ4n) is 3.22. The van der Waals surface area contributed by atoms with Gasteiger partial charge in [0.25, 0.3) is 0 Å². The van der Waals surface area contributed by atoms with Crippen LogP contribution in [0.4, 0.5) is 0 Å². The number of carbonyl (C=O) groups is 2. The van der Waals surface area contributed by atoms with Crippen LogP contribution in [0.25, 0.3) is 0 Å². The molecule has 0 atom stereocenters. The predicted octanol–water partition coefficient (Wildman–Crippen LogP) is -0.0546. The first-order valence-corrected chi connectivity index (χ1v) is 8.65. The second-order valence-electron chi connectivity index (χ2n) is 6.10. The van der Waals surface area contributed by atoms with Crippen molar-refractivity contribution in [1.82, 2.24) is 14.7 Å². The van der Waals surface area contributed by atoms with E-state index in [9.17, 15) is 9.59 Å². The van der Waals surface area contributed by atoms with Crippen molar-refractivity contribution < 1.29 is 14.3 Å². The molecule has 0 aromatic rings. The number of amides is 2. The summed E-state index contributed by atoms with van der Waals surface area (Å²) in [5.41, 5.74) is 0. The number of piperazine rings is 1. The van der Waals surface area contributed by atoms with Crippen molar-refractivity contribution in [2.24, 2.45) is 5.92 Å². The number of thiol groups is 1. The summed E-state index contributed by atoms with van der Waals surface area (Å²) in [5.74, 6) is 1.19. The molecule has 2 amide bonds. The summed E-state index contributed by atoms with van der Waals surface area (Å²) in [4.78, 5) is 29.6. The average molecular weight is 329 g/mol. The van der Waals surface area contributed by atoms with Gasteiger partial charge in [0.05, 0.1) is 5.75 Å². The normalized spacial score (nSPS) is 21.2. The Kier molecular flexibility index (Phi) is 6.98. The van der Waals surface area contributed by atoms with E-state index in [4.69, 9.17) is 4.74 Å². The number of ether oxygens (including phenoxy) is 1. The van der Waals surface area contributed by atoms with Gasteiger partial charge < -0.3 is 14.5 Å². The number of nitrogens with zero attached hydrogens (tertiary/aromatic N) is 3. The second-order valence-corrected chi connectivity index (χ2v) is 6.41. The third-order valence-corrected chi connectivity index (χ3v) is 4.88. The van der Waals surface area contributed by atoms with Gasteiger partial charge in [0.2, 0.25) is 11.8 Å². The topological polar surface area (TPSA) is 53.1 Å². The van der Waals surface area contributed by atoms with Crippen LogP contribution in [0.1, 0.15) is 12.8 Å². The number of rotatable bonds is 5. The molecule has 0 aromatic carbocycles. The van der Waals surface area contributed by atoms with Gasteiger partial charge in [0.15, 0.2) is 0 Å². The molecule has 2 heterocycles. The lowest BCUT2D eigenvalue weighted by atomic mass is 9.96. The van der Waals surface area contributed by atoms with Crippen LogP contribution in [0.15, 0.2) is 0 Å². The highest BCUT2D eigenvalue weighted by Crippen LogP contribution is 2.19. The van der Waals surface area contributed by atoms with Crippen LogP contribution in [0, 0.1) is 5.92 Å². The molecule has 0 aliphatic carbocycles. The molecule has 0 radical (unpaired) electrons. The summed E-state index contributed by atoms with van der Waals surface area (Å²) in [7, 11) is 1.55. The molecule has 2 rings (SSSR count). The van der Waals surface area contributed by atoms with E-state index in [1.807, 2.05) is 9.80 Å². The fraction of sp³-hybridized carbons (Fsp3) is 0.867. The number of piperidine rings is 1. The summed E-state index contributed by atoms with van der Waals surface area (Å²) in [6, 6.07) is 0. The molecular weight excluding hydrogens is 302 g/mol. The minimum absolute atomic E-state index is 0.0840. The molecule has 0 spiro atoms. The van der Waals surface area contributed by atoms with E-state index in [0.717, 1.165) is 58.7 Å². The molecule has 2 saturated heterocycles. The Labute approximate surface area is 138 Å². The van der Waals surface area contributed by atoms with Crippen molar-refractivity contribution in [2.75, 3.05) is 65.3 Å². The van der Waals surface area contributed by atoms with Crippen LogP contribution in [0.2, 0.25) is 0 Å². The Hall–Kier alpha value is -0.790. The van der Waals surface area contributed by atoms with Crippen LogP contribution in [0.3, 0.4) is 0 Å². The van der Waals surface area contributed by atoms with Gasteiger partial charge in [-0.05, 0) is 18.8 Å². The molecule has 0 N–H and O–H groups in total. The number of hydrogen-bond acceptors (Lipinski definition) is 5. The highest BCUT2D eigenvalue weighted by Gasteiger charge is 2.26. The maximum Gasteiger partial charge on any atom is 0.248 e. The largest absolute Gasteiger partial charge is 0.375 e. The Bertz CT molecular complexity index is 378. The Balaban J connectivity index is 1.67. The average Bonchev–Trinajstić information content (AvgIpc) is 2.55. The van der Waals surface area contributed by atoms with Crippen LogP contribution < -0.4 is 0 Å². The maximum absolute atomic E-state index is 11.8. The van der Waals surface area contributed by atoms with E-state index < -0.39 is 0 Å². The first-order chi connectivity index (χ1) is 10.6. The van der Waals surface area contributed by atoms with Crippen LogP contribution in [0.5, 0.6) is 0 Å². The minimum atomic E-state index is 0.0840. The monoisotopic (exact) mass is 329 g/mol. The Morgan fingerprint density at radius 2 is 1.59 bits per heavy atom. The van der Waals surface area contributed by atoms with Crippen molar-refractivity contribution >= 4 is 24.4 Å². The molecule has 22 heavy (non-hydrogen) atoms. The van der Waals surface area contributed by atoms with Crippen LogP contribution >= 0.6 is 12.6 Å². The van der Waals surface area contributed by atoms with Crippen LogP contribution in [-0.2, 0) is 14.3 Å². The van der Waals surface area contributed by atoms with Gasteiger partial charge in [-0.1, -0.05) is 0 Å². The van der Waals surface area contributed by atoms with E-state index in [1.54, 1.807) is 7.11 Å². The van der Waals surface area contributed by atoms with E-state index >= 15 is 0 Å². The molecule has 0 saturated carbocycles. The van der Waals surface area contributed by atoms with Crippen molar-refractivity contribution in [2.45, 2.75) is 12.8 Å². The molecule has 0 bridgehead atoms. The predicted molar refractivity (Wildman–Crippen MR) is 88.1 cm³/mol. The van der Waals surface area contributed by atoms with Gasteiger partial charge in [-0.15, -0.1) is 0 Å². The summed E-state index contributed by atoms with van der Waals surface area (Å²) >= 11 is 4.05. The first-order valence-electron chi connectivity index (χ1n) is 8.01. The van der Waals surface area contributed by atoms with Crippen molar-refractivity contribution in [3.05, 3.63) is 0 Å². The standard InChI is InChI=1S/C15H27N3O3S/c1-21-11-14(19)18-8-6-16(7-9-18)10-13-2-4-17(5-3-13)15(20)12-22/h13,22H,2-12H2,1H3. The lowest BCUT2D eigenvalue weighted by Gasteiger charge is -2.38. The summed E-state index contributed by atoms with van der Waals surface area (Å²) in [6.45, 7) is 6.42. The third kappa shape index (κ3) is 4.86.